The number of carbonyl (C=O) groups excluding carboxylic acids is 4. The SMILES string of the molecule is C=CCCC(=O)N(C)[C@@H](C)[C@@H](OC(=O)[C@@H]1[C@@H]2CC[C@]3(O2)[C@H](C(=O)N(CC=C)CCN2CCOCC2)N([C@@H](CO)CC(C)C)C(=O)[C@@H]13)c1ccccc1. The van der Waals surface area contributed by atoms with Crippen LogP contribution < -0.4 is 0 Å². The van der Waals surface area contributed by atoms with E-state index in [0.717, 1.165) is 18.7 Å². The number of fused-ring (bicyclic) bond motifs is 1. The number of aliphatic hydroxyl groups excluding tert-OH is 1. The first-order chi connectivity index (χ1) is 25.0. The van der Waals surface area contributed by atoms with Gasteiger partial charge in [0.05, 0.1) is 49.8 Å². The van der Waals surface area contributed by atoms with Crippen LogP contribution in [0.15, 0.2) is 55.6 Å². The number of nitrogens with zero attached hydrogens (tertiary/aromatic N) is 4. The first-order valence-corrected chi connectivity index (χ1v) is 18.9. The normalized spacial score (nSPS) is 27.2. The summed E-state index contributed by atoms with van der Waals surface area (Å²) in [5, 5.41) is 10.7. The second-order valence-corrected chi connectivity index (χ2v) is 15.1. The topological polar surface area (TPSA) is 129 Å². The monoisotopic (exact) mass is 722 g/mol. The second kappa shape index (κ2) is 17.5. The Balaban J connectivity index is 1.47. The molecule has 0 unspecified atom stereocenters. The van der Waals surface area contributed by atoms with Crippen molar-refractivity contribution in [1.82, 2.24) is 19.6 Å². The first-order valence-electron chi connectivity index (χ1n) is 18.9. The molecule has 4 aliphatic heterocycles. The number of aliphatic hydroxyl groups is 1. The molecule has 286 valence electrons. The molecule has 4 saturated heterocycles. The predicted molar refractivity (Wildman–Crippen MR) is 196 cm³/mol. The zero-order valence-electron chi connectivity index (χ0n) is 31.4. The van der Waals surface area contributed by atoms with Crippen molar-refractivity contribution in [2.75, 3.05) is 59.6 Å². The summed E-state index contributed by atoms with van der Waals surface area (Å²) in [4.78, 5) is 64.4. The molecule has 4 fully saturated rings. The van der Waals surface area contributed by atoms with Crippen molar-refractivity contribution in [3.8, 4) is 0 Å². The zero-order chi connectivity index (χ0) is 37.6. The molecule has 5 rings (SSSR count). The predicted octanol–water partition coefficient (Wildman–Crippen LogP) is 3.21. The molecule has 0 saturated carbocycles. The average Bonchev–Trinajstić information content (AvgIpc) is 3.80. The van der Waals surface area contributed by atoms with Gasteiger partial charge >= 0.3 is 5.97 Å². The van der Waals surface area contributed by atoms with Crippen LogP contribution in [0, 0.1) is 17.8 Å². The number of likely N-dealkylation sites (tertiary alicyclic amines) is 1. The summed E-state index contributed by atoms with van der Waals surface area (Å²) < 4.78 is 18.6. The van der Waals surface area contributed by atoms with Crippen molar-refractivity contribution in [3.05, 3.63) is 61.2 Å². The maximum atomic E-state index is 14.9. The van der Waals surface area contributed by atoms with Crippen LogP contribution in [-0.4, -0.2) is 138 Å². The number of ether oxygens (including phenoxy) is 3. The molecule has 12 heteroatoms. The Kier molecular flexibility index (Phi) is 13.3. The lowest BCUT2D eigenvalue weighted by Gasteiger charge is -2.40. The van der Waals surface area contributed by atoms with Crippen molar-refractivity contribution in [2.24, 2.45) is 17.8 Å². The van der Waals surface area contributed by atoms with E-state index in [-0.39, 0.29) is 43.2 Å². The van der Waals surface area contributed by atoms with Crippen molar-refractivity contribution in [1.29, 1.82) is 0 Å². The summed E-state index contributed by atoms with van der Waals surface area (Å²) in [5.74, 6) is -3.12. The number of carbonyl (C=O) groups is 4. The van der Waals surface area contributed by atoms with Gasteiger partial charge in [0.25, 0.3) is 0 Å². The molecular formula is C40H58N4O8. The number of benzene rings is 1. The van der Waals surface area contributed by atoms with Gasteiger partial charge in [0.1, 0.15) is 17.7 Å². The van der Waals surface area contributed by atoms with Gasteiger partial charge in [0.15, 0.2) is 0 Å². The smallest absolute Gasteiger partial charge is 0.313 e. The summed E-state index contributed by atoms with van der Waals surface area (Å²) in [5.41, 5.74) is -0.535. The van der Waals surface area contributed by atoms with E-state index in [1.807, 2.05) is 51.1 Å². The second-order valence-electron chi connectivity index (χ2n) is 15.1. The fraction of sp³-hybridized carbons (Fsp3) is 0.650. The van der Waals surface area contributed by atoms with E-state index in [0.29, 0.717) is 52.0 Å². The number of hydrogen-bond acceptors (Lipinski definition) is 9. The Labute approximate surface area is 308 Å². The highest BCUT2D eigenvalue weighted by Gasteiger charge is 2.75. The van der Waals surface area contributed by atoms with Gasteiger partial charge in [-0.3, -0.25) is 24.1 Å². The van der Waals surface area contributed by atoms with Crippen LogP contribution in [0.25, 0.3) is 0 Å². The summed E-state index contributed by atoms with van der Waals surface area (Å²) in [6.45, 7) is 17.3. The summed E-state index contributed by atoms with van der Waals surface area (Å²) in [7, 11) is 1.70. The number of rotatable bonds is 18. The maximum Gasteiger partial charge on any atom is 0.313 e. The van der Waals surface area contributed by atoms with Crippen molar-refractivity contribution >= 4 is 23.7 Å². The number of allylic oxidation sites excluding steroid dienone is 1. The Bertz CT molecular complexity index is 1430. The number of esters is 1. The van der Waals surface area contributed by atoms with Gasteiger partial charge in [-0.05, 0) is 44.1 Å². The van der Waals surface area contributed by atoms with E-state index in [9.17, 15) is 24.3 Å². The van der Waals surface area contributed by atoms with Gasteiger partial charge in [-0.15, -0.1) is 13.2 Å². The van der Waals surface area contributed by atoms with Crippen LogP contribution in [0.3, 0.4) is 0 Å². The zero-order valence-corrected chi connectivity index (χ0v) is 31.4. The summed E-state index contributed by atoms with van der Waals surface area (Å²) >= 11 is 0. The molecule has 1 spiro atoms. The number of hydrogen-bond donors (Lipinski definition) is 1. The van der Waals surface area contributed by atoms with Crippen LogP contribution in [-0.2, 0) is 33.4 Å². The highest BCUT2D eigenvalue weighted by molar-refractivity contribution is 5.98. The third-order valence-electron chi connectivity index (χ3n) is 11.4. The molecule has 4 heterocycles. The van der Waals surface area contributed by atoms with E-state index in [2.05, 4.69) is 18.1 Å². The molecule has 2 bridgehead atoms. The standard InChI is InChI=1S/C40H58N4O8/c1-7-9-15-32(46)41(6)28(5)35(29-13-11-10-12-14-29)51-39(49)33-31-16-17-40(52-31)34(33)37(47)44(30(26-45)25-27(3)4)36(40)38(48)43(18-8-2)20-19-42-21-23-50-24-22-42/h7-8,10-14,27-28,30-31,33-36,45H,1-2,9,15-26H2,3-6H3/t28-,30+,31-,33+,34+,35+,36-,40+/m0/s1. The minimum Gasteiger partial charge on any atom is -0.455 e. The van der Waals surface area contributed by atoms with Crippen LogP contribution in [0.2, 0.25) is 0 Å². The van der Waals surface area contributed by atoms with Crippen molar-refractivity contribution < 1.29 is 38.5 Å². The molecular weight excluding hydrogens is 664 g/mol. The van der Waals surface area contributed by atoms with Crippen molar-refractivity contribution in [2.45, 2.75) is 88.8 Å². The number of likely N-dealkylation sites (N-methyl/N-ethyl adjacent to an activating group) is 1. The van der Waals surface area contributed by atoms with Gasteiger partial charge < -0.3 is 34.0 Å². The van der Waals surface area contributed by atoms with E-state index in [4.69, 9.17) is 14.2 Å². The van der Waals surface area contributed by atoms with E-state index in [1.165, 1.54) is 0 Å². The number of morpholine rings is 1. The fourth-order valence-electron chi connectivity index (χ4n) is 8.68. The number of amides is 3. The average molecular weight is 723 g/mol. The lowest BCUT2D eigenvalue weighted by molar-refractivity contribution is -0.165. The Morgan fingerprint density at radius 2 is 1.83 bits per heavy atom. The quantitative estimate of drug-likeness (QED) is 0.180. The van der Waals surface area contributed by atoms with Gasteiger partial charge in [-0.25, -0.2) is 0 Å². The molecule has 1 aromatic rings. The molecule has 4 aliphatic rings. The van der Waals surface area contributed by atoms with Gasteiger partial charge in [0.2, 0.25) is 17.7 Å². The lowest BCUT2D eigenvalue weighted by Crippen LogP contribution is -2.59. The molecule has 1 aromatic carbocycles. The van der Waals surface area contributed by atoms with Crippen LogP contribution >= 0.6 is 0 Å². The Hall–Kier alpha value is -3.58. The van der Waals surface area contributed by atoms with Crippen LogP contribution in [0.1, 0.15) is 64.5 Å². The molecule has 0 radical (unpaired) electrons. The maximum absolute atomic E-state index is 14.9. The van der Waals surface area contributed by atoms with Gasteiger partial charge in [0, 0.05) is 46.2 Å². The van der Waals surface area contributed by atoms with E-state index >= 15 is 0 Å². The first kappa shape index (κ1) is 39.6. The summed E-state index contributed by atoms with van der Waals surface area (Å²) in [6, 6.07) is 7.10. The molecule has 0 aliphatic carbocycles. The van der Waals surface area contributed by atoms with Crippen LogP contribution in [0.5, 0.6) is 0 Å². The Morgan fingerprint density at radius 3 is 2.46 bits per heavy atom. The molecule has 0 aromatic heterocycles. The molecule has 12 nitrogen and oxygen atoms in total. The fourth-order valence-corrected chi connectivity index (χ4v) is 8.68. The summed E-state index contributed by atoms with van der Waals surface area (Å²) in [6.07, 6.45) is 4.13. The lowest BCUT2D eigenvalue weighted by atomic mass is 9.70. The molecule has 1 N–H and O–H groups in total. The van der Waals surface area contributed by atoms with Gasteiger partial charge in [-0.2, -0.15) is 0 Å². The van der Waals surface area contributed by atoms with Gasteiger partial charge in [-0.1, -0.05) is 56.3 Å². The molecule has 52 heavy (non-hydrogen) atoms. The third kappa shape index (κ3) is 8.00. The minimum absolute atomic E-state index is 0.104. The van der Waals surface area contributed by atoms with Crippen LogP contribution in [0.4, 0.5) is 0 Å². The van der Waals surface area contributed by atoms with E-state index in [1.54, 1.807) is 33.9 Å². The highest BCUT2D eigenvalue weighted by Crippen LogP contribution is 2.59. The molecule has 3 amide bonds. The van der Waals surface area contributed by atoms with Crippen molar-refractivity contribution in [3.63, 3.8) is 0 Å². The largest absolute Gasteiger partial charge is 0.455 e. The van der Waals surface area contributed by atoms with E-state index < -0.39 is 53.7 Å². The Morgan fingerprint density at radius 1 is 1.12 bits per heavy atom. The minimum atomic E-state index is -1.25. The highest BCUT2D eigenvalue weighted by atomic mass is 16.6. The molecule has 8 atom stereocenters. The third-order valence-corrected chi connectivity index (χ3v) is 11.4.